The monoisotopic (exact) mass is 251 g/mol. The van der Waals surface area contributed by atoms with Crippen molar-refractivity contribution >= 4 is 28.3 Å². The molecule has 3 rings (SSSR count). The van der Waals surface area contributed by atoms with Gasteiger partial charge >= 0.3 is 0 Å². The molecule has 0 unspecified atom stereocenters. The summed E-state index contributed by atoms with van der Waals surface area (Å²) >= 11 is 5.90. The van der Waals surface area contributed by atoms with Crippen molar-refractivity contribution in [3.63, 3.8) is 0 Å². The molecule has 0 radical (unpaired) electrons. The number of halogens is 1. The molecule has 5 nitrogen and oxygen atoms in total. The van der Waals surface area contributed by atoms with Gasteiger partial charge in [0.2, 0.25) is 12.1 Å². The van der Waals surface area contributed by atoms with Crippen molar-refractivity contribution in [3.05, 3.63) is 17.4 Å². The van der Waals surface area contributed by atoms with Gasteiger partial charge in [-0.15, -0.1) is 0 Å². The van der Waals surface area contributed by atoms with Gasteiger partial charge in [-0.1, -0.05) is 0 Å². The highest BCUT2D eigenvalue weighted by Gasteiger charge is 2.18. The summed E-state index contributed by atoms with van der Waals surface area (Å²) in [5, 5.41) is 1.11. The van der Waals surface area contributed by atoms with Gasteiger partial charge in [-0.25, -0.2) is 4.98 Å². The van der Waals surface area contributed by atoms with Crippen LogP contribution in [0.15, 0.2) is 12.1 Å². The van der Waals surface area contributed by atoms with E-state index in [0.717, 1.165) is 16.7 Å². The highest BCUT2D eigenvalue weighted by Crippen LogP contribution is 2.38. The highest BCUT2D eigenvalue weighted by molar-refractivity contribution is 6.28. The summed E-state index contributed by atoms with van der Waals surface area (Å²) in [6.07, 6.45) is 0. The molecule has 0 aliphatic carbocycles. The number of ether oxygens (including phenoxy) is 2. The van der Waals surface area contributed by atoms with Crippen LogP contribution in [0.1, 0.15) is 0 Å². The van der Waals surface area contributed by atoms with Crippen molar-refractivity contribution < 1.29 is 9.47 Å². The van der Waals surface area contributed by atoms with Crippen LogP contribution in [0, 0.1) is 0 Å². The Labute approximate surface area is 103 Å². The van der Waals surface area contributed by atoms with Crippen LogP contribution in [0.2, 0.25) is 5.28 Å². The Morgan fingerprint density at radius 2 is 1.88 bits per heavy atom. The van der Waals surface area contributed by atoms with Gasteiger partial charge in [-0.2, -0.15) is 4.98 Å². The molecule has 1 aromatic carbocycles. The lowest BCUT2D eigenvalue weighted by atomic mass is 10.2. The van der Waals surface area contributed by atoms with Crippen LogP contribution in [-0.4, -0.2) is 30.9 Å². The van der Waals surface area contributed by atoms with Gasteiger partial charge < -0.3 is 14.4 Å². The summed E-state index contributed by atoms with van der Waals surface area (Å²) in [7, 11) is 3.81. The Morgan fingerprint density at radius 3 is 2.59 bits per heavy atom. The van der Waals surface area contributed by atoms with E-state index in [1.807, 2.05) is 31.1 Å². The molecule has 0 saturated carbocycles. The number of fused-ring (bicyclic) bond motifs is 2. The molecular formula is C11H10ClN3O2. The highest BCUT2D eigenvalue weighted by atomic mass is 35.5. The van der Waals surface area contributed by atoms with Gasteiger partial charge in [-0.05, 0) is 17.7 Å². The third kappa shape index (κ3) is 1.63. The van der Waals surface area contributed by atoms with Gasteiger partial charge in [0, 0.05) is 25.5 Å². The molecule has 0 atom stereocenters. The van der Waals surface area contributed by atoms with Crippen molar-refractivity contribution in [3.8, 4) is 11.5 Å². The zero-order valence-corrected chi connectivity index (χ0v) is 10.2. The molecule has 17 heavy (non-hydrogen) atoms. The van der Waals surface area contributed by atoms with Gasteiger partial charge in [0.15, 0.2) is 11.5 Å². The lowest BCUT2D eigenvalue weighted by Crippen LogP contribution is -2.11. The normalized spacial score (nSPS) is 13.1. The number of hydrogen-bond donors (Lipinski definition) is 0. The molecule has 2 heterocycles. The summed E-state index contributed by atoms with van der Waals surface area (Å²) in [5.41, 5.74) is 0.748. The minimum Gasteiger partial charge on any atom is -0.454 e. The van der Waals surface area contributed by atoms with Crippen LogP contribution in [0.3, 0.4) is 0 Å². The van der Waals surface area contributed by atoms with E-state index >= 15 is 0 Å². The van der Waals surface area contributed by atoms with Crippen LogP contribution in [-0.2, 0) is 0 Å². The Morgan fingerprint density at radius 1 is 1.18 bits per heavy atom. The van der Waals surface area contributed by atoms with Crippen molar-refractivity contribution in [2.75, 3.05) is 25.8 Å². The minimum absolute atomic E-state index is 0.222. The fraction of sp³-hybridized carbons (Fsp3) is 0.273. The first-order chi connectivity index (χ1) is 8.15. The van der Waals surface area contributed by atoms with Crippen LogP contribution in [0.5, 0.6) is 11.5 Å². The lowest BCUT2D eigenvalue weighted by molar-refractivity contribution is 0.174. The number of benzene rings is 1. The largest absolute Gasteiger partial charge is 0.454 e. The third-order valence-corrected chi connectivity index (χ3v) is 2.74. The van der Waals surface area contributed by atoms with Crippen LogP contribution in [0.25, 0.3) is 10.9 Å². The van der Waals surface area contributed by atoms with Gasteiger partial charge in [0.25, 0.3) is 0 Å². The molecule has 0 N–H and O–H groups in total. The van der Waals surface area contributed by atoms with Gasteiger partial charge in [0.05, 0.1) is 5.52 Å². The molecule has 0 saturated heterocycles. The summed E-state index contributed by atoms with van der Waals surface area (Å²) in [5.74, 6) is 2.17. The Bertz CT molecular complexity index is 601. The van der Waals surface area contributed by atoms with Crippen LogP contribution in [0.4, 0.5) is 5.82 Å². The summed E-state index contributed by atoms with van der Waals surface area (Å²) in [6.45, 7) is 0.240. The molecule has 0 amide bonds. The number of anilines is 1. The Hall–Kier alpha value is -1.75. The van der Waals surface area contributed by atoms with Crippen LogP contribution >= 0.6 is 11.6 Å². The Balaban J connectivity index is 2.34. The first-order valence-corrected chi connectivity index (χ1v) is 5.47. The molecule has 88 valence electrons. The SMILES string of the molecule is CN(C)c1nc(Cl)nc2cc3c(cc12)OCO3. The molecular weight excluding hydrogens is 242 g/mol. The quantitative estimate of drug-likeness (QED) is 0.727. The number of aromatic nitrogens is 2. The van der Waals surface area contributed by atoms with Crippen molar-refractivity contribution in [1.82, 2.24) is 9.97 Å². The summed E-state index contributed by atoms with van der Waals surface area (Å²) in [6, 6.07) is 3.70. The van der Waals surface area contributed by atoms with Crippen LogP contribution < -0.4 is 14.4 Å². The minimum atomic E-state index is 0.222. The fourth-order valence-electron chi connectivity index (χ4n) is 1.82. The smallest absolute Gasteiger partial charge is 0.231 e. The average Bonchev–Trinajstić information content (AvgIpc) is 2.71. The molecule has 0 bridgehead atoms. The molecule has 1 aliphatic heterocycles. The zero-order chi connectivity index (χ0) is 12.0. The van der Waals surface area contributed by atoms with Crippen molar-refractivity contribution in [1.29, 1.82) is 0 Å². The van der Waals surface area contributed by atoms with Crippen molar-refractivity contribution in [2.45, 2.75) is 0 Å². The van der Waals surface area contributed by atoms with E-state index in [9.17, 15) is 0 Å². The molecule has 2 aromatic rings. The lowest BCUT2D eigenvalue weighted by Gasteiger charge is -2.14. The van der Waals surface area contributed by atoms with E-state index < -0.39 is 0 Å². The van der Waals surface area contributed by atoms with E-state index in [2.05, 4.69) is 9.97 Å². The van der Waals surface area contributed by atoms with E-state index in [0.29, 0.717) is 11.5 Å². The molecule has 6 heteroatoms. The standard InChI is InChI=1S/C11H10ClN3O2/c1-15(2)10-6-3-8-9(17-5-16-8)4-7(6)13-11(12)14-10/h3-4H,5H2,1-2H3. The molecule has 0 spiro atoms. The maximum absolute atomic E-state index is 5.90. The average molecular weight is 252 g/mol. The molecule has 1 aromatic heterocycles. The third-order valence-electron chi connectivity index (χ3n) is 2.57. The number of hydrogen-bond acceptors (Lipinski definition) is 5. The van der Waals surface area contributed by atoms with Gasteiger partial charge in [-0.3, -0.25) is 0 Å². The van der Waals surface area contributed by atoms with Gasteiger partial charge in [0.1, 0.15) is 5.82 Å². The van der Waals surface area contributed by atoms with Crippen molar-refractivity contribution in [2.24, 2.45) is 0 Å². The zero-order valence-electron chi connectivity index (χ0n) is 9.40. The maximum Gasteiger partial charge on any atom is 0.231 e. The number of nitrogens with zero attached hydrogens (tertiary/aromatic N) is 3. The van der Waals surface area contributed by atoms with E-state index in [1.165, 1.54) is 0 Å². The molecule has 0 fully saturated rings. The second-order valence-electron chi connectivity index (χ2n) is 3.93. The second-order valence-corrected chi connectivity index (χ2v) is 4.27. The summed E-state index contributed by atoms with van der Waals surface area (Å²) < 4.78 is 10.6. The van der Waals surface area contributed by atoms with E-state index in [4.69, 9.17) is 21.1 Å². The fourth-order valence-corrected chi connectivity index (χ4v) is 1.99. The predicted molar refractivity (Wildman–Crippen MR) is 65.0 cm³/mol. The predicted octanol–water partition coefficient (Wildman–Crippen LogP) is 2.08. The topological polar surface area (TPSA) is 47.5 Å². The number of rotatable bonds is 1. The maximum atomic E-state index is 5.90. The molecule has 1 aliphatic rings. The summed E-state index contributed by atoms with van der Waals surface area (Å²) in [4.78, 5) is 10.3. The van der Waals surface area contributed by atoms with E-state index in [1.54, 1.807) is 0 Å². The first kappa shape index (κ1) is 10.4. The van der Waals surface area contributed by atoms with E-state index in [-0.39, 0.29) is 12.1 Å². The Kier molecular flexibility index (Phi) is 2.22. The first-order valence-electron chi connectivity index (χ1n) is 5.09. The second kappa shape index (κ2) is 3.63.